The van der Waals surface area contributed by atoms with Crippen LogP contribution in [-0.2, 0) is 12.8 Å². The average Bonchev–Trinajstić information content (AvgIpc) is 2.71. The van der Waals surface area contributed by atoms with Crippen LogP contribution in [0.2, 0.25) is 0 Å². The molecule has 0 aromatic heterocycles. The van der Waals surface area contributed by atoms with Gasteiger partial charge in [-0.2, -0.15) is 0 Å². The van der Waals surface area contributed by atoms with Crippen LogP contribution in [0, 0.1) is 0 Å². The molecule has 0 bridgehead atoms. The second-order valence-corrected chi connectivity index (χ2v) is 8.30. The Balaban J connectivity index is 1.82. The Labute approximate surface area is 168 Å². The van der Waals surface area contributed by atoms with Gasteiger partial charge in [0, 0.05) is 12.5 Å². The summed E-state index contributed by atoms with van der Waals surface area (Å²) >= 11 is 1.06. The molecule has 1 aliphatic rings. The first-order chi connectivity index (χ1) is 13.4. The summed E-state index contributed by atoms with van der Waals surface area (Å²) in [5.74, 6) is 0.408. The zero-order valence-corrected chi connectivity index (χ0v) is 16.4. The van der Waals surface area contributed by atoms with Crippen molar-refractivity contribution in [3.8, 4) is 11.5 Å². The maximum absolute atomic E-state index is 10.3. The van der Waals surface area contributed by atoms with E-state index >= 15 is 0 Å². The number of phenolic OH excluding ortho intramolecular Hbond substituents is 1. The fourth-order valence-corrected chi connectivity index (χ4v) is 4.44. The first-order valence-electron chi connectivity index (χ1n) is 9.29. The quantitative estimate of drug-likeness (QED) is 0.494. The molecule has 6 nitrogen and oxygen atoms in total. The Kier molecular flexibility index (Phi) is 6.85. The monoisotopic (exact) mass is 406 g/mol. The minimum Gasteiger partial charge on any atom is -0.508 e. The van der Waals surface area contributed by atoms with Gasteiger partial charge in [0.25, 0.3) is 0 Å². The van der Waals surface area contributed by atoms with E-state index in [1.807, 2.05) is 12.1 Å². The second kappa shape index (κ2) is 9.15. The number of hydrogen-bond acceptors (Lipinski definition) is 7. The van der Waals surface area contributed by atoms with Crippen LogP contribution in [-0.4, -0.2) is 61.1 Å². The summed E-state index contributed by atoms with van der Waals surface area (Å²) in [5, 5.41) is 48.9. The molecule has 0 saturated carbocycles. The highest BCUT2D eigenvalue weighted by atomic mass is 32.2. The smallest absolute Gasteiger partial charge is 0.173 e. The zero-order valence-electron chi connectivity index (χ0n) is 15.6. The largest absolute Gasteiger partial charge is 0.508 e. The molecule has 1 aliphatic heterocycles. The Morgan fingerprint density at radius 1 is 0.929 bits per heavy atom. The number of phenols is 1. The zero-order chi connectivity index (χ0) is 20.3. The number of hydrogen-bond donors (Lipinski definition) is 5. The predicted octanol–water partition coefficient (Wildman–Crippen LogP) is 1.44. The fourth-order valence-electron chi connectivity index (χ4n) is 3.20. The molecular formula is C21H26O6S. The highest BCUT2D eigenvalue weighted by Gasteiger charge is 2.44. The minimum atomic E-state index is -1.43. The summed E-state index contributed by atoms with van der Waals surface area (Å²) in [4.78, 5) is 0. The molecule has 28 heavy (non-hydrogen) atoms. The Hall–Kier alpha value is -1.77. The van der Waals surface area contributed by atoms with E-state index in [1.165, 1.54) is 11.6 Å². The number of aliphatic hydroxyl groups excluding tert-OH is 4. The van der Waals surface area contributed by atoms with Crippen molar-refractivity contribution in [2.24, 2.45) is 0 Å². The van der Waals surface area contributed by atoms with E-state index in [0.717, 1.165) is 29.3 Å². The number of aliphatic hydroxyl groups is 4. The average molecular weight is 407 g/mol. The number of ether oxygens (including phenoxy) is 1. The number of rotatable bonds is 6. The van der Waals surface area contributed by atoms with Crippen molar-refractivity contribution in [1.82, 2.24) is 0 Å². The number of benzene rings is 2. The van der Waals surface area contributed by atoms with Gasteiger partial charge in [0.2, 0.25) is 0 Å². The molecule has 5 atom stereocenters. The van der Waals surface area contributed by atoms with E-state index in [9.17, 15) is 25.5 Å². The molecule has 1 heterocycles. The summed E-state index contributed by atoms with van der Waals surface area (Å²) in [6.07, 6.45) is -2.47. The molecule has 7 heteroatoms. The minimum absolute atomic E-state index is 0.0228. The third-order valence-corrected chi connectivity index (χ3v) is 6.39. The van der Waals surface area contributed by atoms with Crippen LogP contribution in [0.25, 0.3) is 0 Å². The molecule has 0 amide bonds. The molecule has 0 spiro atoms. The standard InChI is InChI=1S/C21H26O6S/c1-2-12-3-5-13(6-4-12)9-14-7-8-15(23)10-16(14)27-21-20(26)19(25)18(24)17(11-22)28-21/h3-8,10,17-26H,2,9,11H2,1H3/t17-,18-,19+,20-,21-/m1/s1. The van der Waals surface area contributed by atoms with E-state index in [-0.39, 0.29) is 12.4 Å². The molecule has 0 radical (unpaired) electrons. The summed E-state index contributed by atoms with van der Waals surface area (Å²) in [6, 6.07) is 13.0. The van der Waals surface area contributed by atoms with Gasteiger partial charge in [-0.3, -0.25) is 0 Å². The molecular weight excluding hydrogens is 380 g/mol. The second-order valence-electron chi connectivity index (χ2n) is 6.95. The molecule has 152 valence electrons. The van der Waals surface area contributed by atoms with Gasteiger partial charge >= 0.3 is 0 Å². The maximum Gasteiger partial charge on any atom is 0.173 e. The van der Waals surface area contributed by atoms with Crippen molar-refractivity contribution >= 4 is 11.8 Å². The molecule has 5 N–H and O–H groups in total. The van der Waals surface area contributed by atoms with Gasteiger partial charge in [-0.25, -0.2) is 0 Å². The first kappa shape index (κ1) is 21.0. The molecule has 1 saturated heterocycles. The lowest BCUT2D eigenvalue weighted by Crippen LogP contribution is -2.55. The highest BCUT2D eigenvalue weighted by molar-refractivity contribution is 8.00. The molecule has 1 fully saturated rings. The molecule has 2 aromatic rings. The molecule has 2 aromatic carbocycles. The highest BCUT2D eigenvalue weighted by Crippen LogP contribution is 2.36. The van der Waals surface area contributed by atoms with Crippen LogP contribution in [0.3, 0.4) is 0 Å². The molecule has 0 unspecified atom stereocenters. The van der Waals surface area contributed by atoms with Gasteiger partial charge in [-0.1, -0.05) is 37.3 Å². The summed E-state index contributed by atoms with van der Waals surface area (Å²) in [5.41, 5.74) is 2.25. The van der Waals surface area contributed by atoms with Gasteiger partial charge in [-0.15, -0.1) is 11.8 Å². The van der Waals surface area contributed by atoms with Crippen LogP contribution in [0.5, 0.6) is 11.5 Å². The molecule has 3 rings (SSSR count). The summed E-state index contributed by atoms with van der Waals surface area (Å²) < 4.78 is 5.92. The van der Waals surface area contributed by atoms with E-state index in [4.69, 9.17) is 4.74 Å². The normalized spacial score (nSPS) is 27.5. The third-order valence-electron chi connectivity index (χ3n) is 4.97. The van der Waals surface area contributed by atoms with Crippen LogP contribution in [0.15, 0.2) is 42.5 Å². The van der Waals surface area contributed by atoms with Crippen molar-refractivity contribution < 1.29 is 30.3 Å². The van der Waals surface area contributed by atoms with Crippen molar-refractivity contribution in [1.29, 1.82) is 0 Å². The van der Waals surface area contributed by atoms with Gasteiger partial charge < -0.3 is 30.3 Å². The SMILES string of the molecule is CCc1ccc(Cc2ccc(O)cc2O[C@@H]2S[C@H](CO)[C@@H](O)[C@H](O)[C@H]2O)cc1. The van der Waals surface area contributed by atoms with Crippen molar-refractivity contribution in [3.05, 3.63) is 59.2 Å². The molecule has 0 aliphatic carbocycles. The van der Waals surface area contributed by atoms with Crippen LogP contribution in [0.1, 0.15) is 23.6 Å². The van der Waals surface area contributed by atoms with E-state index in [1.54, 1.807) is 12.1 Å². The lowest BCUT2D eigenvalue weighted by molar-refractivity contribution is -0.0910. The number of aryl methyl sites for hydroxylation is 1. The van der Waals surface area contributed by atoms with E-state index in [0.29, 0.717) is 12.2 Å². The Bertz CT molecular complexity index is 779. The number of aromatic hydroxyl groups is 1. The van der Waals surface area contributed by atoms with Gasteiger partial charge in [0.1, 0.15) is 23.7 Å². The summed E-state index contributed by atoms with van der Waals surface area (Å²) in [7, 11) is 0. The van der Waals surface area contributed by atoms with E-state index in [2.05, 4.69) is 19.1 Å². The van der Waals surface area contributed by atoms with Crippen molar-refractivity contribution in [3.63, 3.8) is 0 Å². The van der Waals surface area contributed by atoms with Crippen molar-refractivity contribution in [2.45, 2.75) is 48.8 Å². The van der Waals surface area contributed by atoms with Crippen molar-refractivity contribution in [2.75, 3.05) is 6.61 Å². The Morgan fingerprint density at radius 3 is 2.25 bits per heavy atom. The van der Waals surface area contributed by atoms with Crippen LogP contribution in [0.4, 0.5) is 0 Å². The topological polar surface area (TPSA) is 110 Å². The third kappa shape index (κ3) is 4.61. The fraction of sp³-hybridized carbons (Fsp3) is 0.429. The summed E-state index contributed by atoms with van der Waals surface area (Å²) in [6.45, 7) is 1.74. The van der Waals surface area contributed by atoms with Crippen LogP contribution < -0.4 is 4.74 Å². The first-order valence-corrected chi connectivity index (χ1v) is 10.2. The van der Waals surface area contributed by atoms with Crippen LogP contribution >= 0.6 is 11.8 Å². The van der Waals surface area contributed by atoms with E-state index < -0.39 is 29.0 Å². The Morgan fingerprint density at radius 2 is 1.61 bits per heavy atom. The predicted molar refractivity (Wildman–Crippen MR) is 108 cm³/mol. The lowest BCUT2D eigenvalue weighted by Gasteiger charge is -2.39. The lowest BCUT2D eigenvalue weighted by atomic mass is 10.0. The maximum atomic E-state index is 10.3. The van der Waals surface area contributed by atoms with Gasteiger partial charge in [-0.05, 0) is 29.2 Å². The number of thioether (sulfide) groups is 1. The van der Waals surface area contributed by atoms with Gasteiger partial charge in [0.15, 0.2) is 5.44 Å². The van der Waals surface area contributed by atoms with Gasteiger partial charge in [0.05, 0.1) is 18.0 Å².